The van der Waals surface area contributed by atoms with Gasteiger partial charge in [0.05, 0.1) is 0 Å². The van der Waals surface area contributed by atoms with E-state index < -0.39 is 6.09 Å². The Kier molecular flexibility index (Phi) is 2.55. The summed E-state index contributed by atoms with van der Waals surface area (Å²) in [6, 6.07) is 6.46. The van der Waals surface area contributed by atoms with E-state index in [0.717, 1.165) is 4.90 Å². The van der Waals surface area contributed by atoms with Crippen molar-refractivity contribution in [1.82, 2.24) is 0 Å². The Morgan fingerprint density at radius 2 is 1.83 bits per heavy atom. The highest BCUT2D eigenvalue weighted by atomic mass is 35.5. The van der Waals surface area contributed by atoms with Gasteiger partial charge in [0.25, 0.3) is 0 Å². The predicted octanol–water partition coefficient (Wildman–Crippen LogP) is 2.33. The minimum atomic E-state index is -1.24. The molecule has 0 saturated heterocycles. The topological polar surface area (TPSA) is 40.2 Å². The molecule has 0 aromatic heterocycles. The maximum absolute atomic E-state index is 10.4. The second-order valence-electron chi connectivity index (χ2n) is 2.30. The van der Waals surface area contributed by atoms with Crippen molar-refractivity contribution in [3.8, 4) is 0 Å². The Morgan fingerprint density at radius 3 is 2.25 bits per heavy atom. The molecule has 0 spiro atoms. The van der Waals surface area contributed by atoms with E-state index in [4.69, 9.17) is 11.6 Å². The highest BCUT2D eigenvalue weighted by Gasteiger charge is 2.08. The molecule has 1 rings (SSSR count). The zero-order valence-corrected chi connectivity index (χ0v) is 7.21. The molecular formula is C8H7ClNO2. The highest BCUT2D eigenvalue weighted by molar-refractivity contribution is 6.30. The van der Waals surface area contributed by atoms with Crippen LogP contribution in [0.1, 0.15) is 0 Å². The molecule has 1 aromatic rings. The van der Waals surface area contributed by atoms with Crippen LogP contribution in [0.3, 0.4) is 0 Å². The smallest absolute Gasteiger partial charge is 0.278 e. The normalized spacial score (nSPS) is 9.50. The highest BCUT2D eigenvalue weighted by Crippen LogP contribution is 2.16. The maximum Gasteiger partial charge on any atom is 0.457 e. The molecule has 4 heteroatoms. The van der Waals surface area contributed by atoms with Crippen LogP contribution in [-0.4, -0.2) is 13.1 Å². The number of carbonyl (C=O) groups is 1. The third-order valence-corrected chi connectivity index (χ3v) is 1.74. The fourth-order valence-electron chi connectivity index (χ4n) is 0.770. The van der Waals surface area contributed by atoms with E-state index in [1.165, 1.54) is 7.05 Å². The van der Waals surface area contributed by atoms with Gasteiger partial charge in [-0.1, -0.05) is 11.6 Å². The molecule has 0 aliphatic carbocycles. The first-order valence-corrected chi connectivity index (χ1v) is 3.69. The van der Waals surface area contributed by atoms with E-state index >= 15 is 0 Å². The molecule has 0 saturated carbocycles. The van der Waals surface area contributed by atoms with Crippen LogP contribution in [0.2, 0.25) is 5.02 Å². The molecule has 0 unspecified atom stereocenters. The predicted molar refractivity (Wildman–Crippen MR) is 45.9 cm³/mol. The van der Waals surface area contributed by atoms with Gasteiger partial charge in [-0.15, -0.1) is 0 Å². The molecule has 1 amide bonds. The first-order valence-electron chi connectivity index (χ1n) is 3.31. The van der Waals surface area contributed by atoms with Gasteiger partial charge in [0.1, 0.15) is 0 Å². The van der Waals surface area contributed by atoms with Crippen molar-refractivity contribution in [3.05, 3.63) is 29.3 Å². The van der Waals surface area contributed by atoms with E-state index in [2.05, 4.69) is 0 Å². The number of anilines is 1. The molecule has 1 radical (unpaired) electrons. The van der Waals surface area contributed by atoms with Crippen molar-refractivity contribution in [1.29, 1.82) is 0 Å². The Bertz CT molecular complexity index is 284. The number of rotatable bonds is 1. The Hall–Kier alpha value is -1.22. The molecule has 0 heterocycles. The first kappa shape index (κ1) is 8.87. The number of carbonyl (C=O) groups excluding carboxylic acids is 1. The van der Waals surface area contributed by atoms with Gasteiger partial charge in [0.2, 0.25) is 0 Å². The maximum atomic E-state index is 10.4. The Morgan fingerprint density at radius 1 is 1.33 bits per heavy atom. The number of halogens is 1. The fraction of sp³-hybridized carbons (Fsp3) is 0.125. The quantitative estimate of drug-likeness (QED) is 0.660. The van der Waals surface area contributed by atoms with Crippen LogP contribution < -0.4 is 4.90 Å². The fourth-order valence-corrected chi connectivity index (χ4v) is 0.896. The zero-order chi connectivity index (χ0) is 9.14. The summed E-state index contributed by atoms with van der Waals surface area (Å²) in [5, 5.41) is 10.9. The third-order valence-electron chi connectivity index (χ3n) is 1.49. The van der Waals surface area contributed by atoms with E-state index in [0.29, 0.717) is 10.7 Å². The lowest BCUT2D eigenvalue weighted by Gasteiger charge is -2.10. The summed E-state index contributed by atoms with van der Waals surface area (Å²) in [5.41, 5.74) is 0.541. The standard InChI is InChI=1S/C8H7ClNO2/c1-10(8(11)12)7-4-2-6(9)3-5-7/h2-5H,1H3. The average molecular weight is 185 g/mol. The SMILES string of the molecule is CN(C([O])=O)c1ccc(Cl)cc1. The van der Waals surface area contributed by atoms with Gasteiger partial charge in [-0.05, 0) is 24.3 Å². The van der Waals surface area contributed by atoms with Gasteiger partial charge >= 0.3 is 6.09 Å². The van der Waals surface area contributed by atoms with Crippen molar-refractivity contribution in [2.45, 2.75) is 0 Å². The summed E-state index contributed by atoms with van der Waals surface area (Å²) < 4.78 is 0. The number of benzene rings is 1. The molecule has 0 bridgehead atoms. The van der Waals surface area contributed by atoms with Gasteiger partial charge in [-0.3, -0.25) is 4.90 Å². The van der Waals surface area contributed by atoms with E-state index in [9.17, 15) is 9.90 Å². The zero-order valence-electron chi connectivity index (χ0n) is 6.45. The van der Waals surface area contributed by atoms with Crippen molar-refractivity contribution in [2.24, 2.45) is 0 Å². The molecule has 12 heavy (non-hydrogen) atoms. The van der Waals surface area contributed by atoms with Crippen LogP contribution in [0.5, 0.6) is 0 Å². The summed E-state index contributed by atoms with van der Waals surface area (Å²) >= 11 is 5.61. The molecule has 3 nitrogen and oxygen atoms in total. The third kappa shape index (κ3) is 1.89. The molecule has 0 aliphatic rings. The molecule has 0 aliphatic heterocycles. The van der Waals surface area contributed by atoms with Crippen molar-refractivity contribution in [3.63, 3.8) is 0 Å². The number of amides is 1. The summed E-state index contributed by atoms with van der Waals surface area (Å²) in [6.45, 7) is 0. The second-order valence-corrected chi connectivity index (χ2v) is 2.74. The lowest BCUT2D eigenvalue weighted by molar-refractivity contribution is 0.178. The van der Waals surface area contributed by atoms with Crippen LogP contribution >= 0.6 is 11.6 Å². The van der Waals surface area contributed by atoms with E-state index in [1.54, 1.807) is 24.3 Å². The summed E-state index contributed by atoms with van der Waals surface area (Å²) in [4.78, 5) is 11.4. The number of hydrogen-bond acceptors (Lipinski definition) is 1. The van der Waals surface area contributed by atoms with E-state index in [1.807, 2.05) is 0 Å². The largest absolute Gasteiger partial charge is 0.457 e. The minimum Gasteiger partial charge on any atom is -0.278 e. The number of nitrogens with zero attached hydrogens (tertiary/aromatic N) is 1. The van der Waals surface area contributed by atoms with Gasteiger partial charge < -0.3 is 0 Å². The van der Waals surface area contributed by atoms with Crippen LogP contribution in [-0.2, 0) is 5.11 Å². The van der Waals surface area contributed by atoms with Gasteiger partial charge in [-0.2, -0.15) is 0 Å². The van der Waals surface area contributed by atoms with Crippen LogP contribution in [0.25, 0.3) is 0 Å². The average Bonchev–Trinajstić information content (AvgIpc) is 2.04. The monoisotopic (exact) mass is 184 g/mol. The van der Waals surface area contributed by atoms with Crippen LogP contribution in [0, 0.1) is 0 Å². The first-order chi connectivity index (χ1) is 5.61. The second kappa shape index (κ2) is 3.45. The van der Waals surface area contributed by atoms with Crippen molar-refractivity contribution < 1.29 is 9.90 Å². The van der Waals surface area contributed by atoms with Gasteiger partial charge in [0, 0.05) is 17.8 Å². The van der Waals surface area contributed by atoms with Gasteiger partial charge in [0.15, 0.2) is 0 Å². The lowest BCUT2D eigenvalue weighted by Crippen LogP contribution is -2.22. The minimum absolute atomic E-state index is 0.541. The number of hydrogen-bond donors (Lipinski definition) is 0. The molecular weight excluding hydrogens is 178 g/mol. The van der Waals surface area contributed by atoms with E-state index in [-0.39, 0.29) is 0 Å². The summed E-state index contributed by atoms with van der Waals surface area (Å²) in [7, 11) is 1.42. The molecule has 0 fully saturated rings. The molecule has 1 aromatic carbocycles. The van der Waals surface area contributed by atoms with Crippen LogP contribution in [0.4, 0.5) is 10.5 Å². The Labute approximate surface area is 75.2 Å². The van der Waals surface area contributed by atoms with Gasteiger partial charge in [-0.25, -0.2) is 9.90 Å². The molecule has 0 atom stereocenters. The summed E-state index contributed by atoms with van der Waals surface area (Å²) in [6.07, 6.45) is -1.24. The van der Waals surface area contributed by atoms with Crippen LogP contribution in [0.15, 0.2) is 24.3 Å². The molecule has 0 N–H and O–H groups in total. The molecule has 63 valence electrons. The summed E-state index contributed by atoms with van der Waals surface area (Å²) in [5.74, 6) is 0. The Balaban J connectivity index is 2.89. The lowest BCUT2D eigenvalue weighted by atomic mass is 10.3. The van der Waals surface area contributed by atoms with Crippen molar-refractivity contribution in [2.75, 3.05) is 11.9 Å². The van der Waals surface area contributed by atoms with Crippen molar-refractivity contribution >= 4 is 23.4 Å².